The van der Waals surface area contributed by atoms with Crippen LogP contribution in [0.1, 0.15) is 52.7 Å². The van der Waals surface area contributed by atoms with E-state index in [1.807, 2.05) is 39.8 Å². The van der Waals surface area contributed by atoms with Crippen molar-refractivity contribution >= 4 is 12.2 Å². The van der Waals surface area contributed by atoms with E-state index < -0.39 is 0 Å². The van der Waals surface area contributed by atoms with E-state index in [-0.39, 0.29) is 0 Å². The normalized spacial score (nSPS) is 8.61. The minimum Gasteiger partial charge on any atom is -0.204 e. The molecule has 1 aromatic heterocycles. The maximum atomic E-state index is 3.80. The lowest BCUT2D eigenvalue weighted by Gasteiger charge is -2.03. The molecule has 0 bridgehead atoms. The average Bonchev–Trinajstić information content (AvgIpc) is 2.42. The fourth-order valence-electron chi connectivity index (χ4n) is 1.46. The lowest BCUT2D eigenvalue weighted by Crippen LogP contribution is -2.35. The van der Waals surface area contributed by atoms with Crippen molar-refractivity contribution in [3.8, 4) is 0 Å². The Hall–Kier alpha value is -1.37. The molecule has 0 fully saturated rings. The molecule has 0 radical (unpaired) electrons. The van der Waals surface area contributed by atoms with Crippen LogP contribution in [0.25, 0.3) is 12.2 Å². The molecule has 0 aliphatic carbocycles. The zero-order valence-corrected chi connectivity index (χ0v) is 13.0. The second kappa shape index (κ2) is 12.1. The molecule has 0 aliphatic rings. The molecule has 1 nitrogen and oxygen atoms in total. The van der Waals surface area contributed by atoms with E-state index in [0.29, 0.717) is 5.92 Å². The van der Waals surface area contributed by atoms with Gasteiger partial charge in [-0.3, -0.25) is 0 Å². The fraction of sp³-hybridized carbons (Fsp3) is 0.471. The van der Waals surface area contributed by atoms with Crippen LogP contribution in [0, 0.1) is 5.92 Å². The van der Waals surface area contributed by atoms with E-state index in [0.717, 1.165) is 17.7 Å². The second-order valence-corrected chi connectivity index (χ2v) is 3.85. The Kier molecular flexibility index (Phi) is 12.8. The number of hydrogen-bond donors (Lipinski definition) is 0. The third kappa shape index (κ3) is 7.05. The van der Waals surface area contributed by atoms with E-state index in [1.54, 1.807) is 0 Å². The first-order valence-corrected chi connectivity index (χ1v) is 6.95. The highest BCUT2D eigenvalue weighted by Crippen LogP contribution is 2.08. The summed E-state index contributed by atoms with van der Waals surface area (Å²) in [5, 5.41) is 0. The Morgan fingerprint density at radius 1 is 1.06 bits per heavy atom. The fourth-order valence-corrected chi connectivity index (χ4v) is 1.46. The molecule has 102 valence electrons. The lowest BCUT2D eigenvalue weighted by atomic mass is 10.1. The number of hydrogen-bond acceptors (Lipinski definition) is 0. The molecule has 0 unspecified atom stereocenters. The molecule has 1 heterocycles. The summed E-state index contributed by atoms with van der Waals surface area (Å²) in [5.41, 5.74) is 2.28. The van der Waals surface area contributed by atoms with Crippen LogP contribution in [0.5, 0.6) is 0 Å². The average molecular weight is 248 g/mol. The predicted octanol–water partition coefficient (Wildman–Crippen LogP) is 4.97. The summed E-state index contributed by atoms with van der Waals surface area (Å²) in [6.45, 7) is 21.0. The maximum absolute atomic E-state index is 3.80. The molecule has 0 N–H and O–H groups in total. The molecular formula is C17H30N+. The second-order valence-electron chi connectivity index (χ2n) is 3.85. The van der Waals surface area contributed by atoms with Gasteiger partial charge < -0.3 is 0 Å². The molecule has 0 saturated heterocycles. The first-order chi connectivity index (χ1) is 8.67. The van der Waals surface area contributed by atoms with Gasteiger partial charge in [0.05, 0.1) is 0 Å². The van der Waals surface area contributed by atoms with Crippen LogP contribution in [0.15, 0.2) is 31.6 Å². The molecular weight excluding hydrogens is 218 g/mol. The molecule has 0 amide bonds. The van der Waals surface area contributed by atoms with E-state index in [4.69, 9.17) is 0 Å². The van der Waals surface area contributed by atoms with Crippen LogP contribution >= 0.6 is 0 Å². The zero-order valence-electron chi connectivity index (χ0n) is 13.0. The minimum atomic E-state index is 0.659. The smallest absolute Gasteiger partial charge is 0.176 e. The standard InChI is InChI=1S/C13H18N.2C2H6/c1-5-12-7-8-14(9-11(3)4)10-13(12)6-2;2*1-2/h5-8,10-11H,1-2,9H2,3-4H3;2*1-2H3/q+1;;. The number of pyridine rings is 1. The van der Waals surface area contributed by atoms with E-state index in [2.05, 4.69) is 50.0 Å². The molecule has 0 aromatic carbocycles. The highest BCUT2D eigenvalue weighted by Gasteiger charge is 2.06. The summed E-state index contributed by atoms with van der Waals surface area (Å²) in [5.74, 6) is 0.659. The van der Waals surface area contributed by atoms with Crippen LogP contribution in [-0.4, -0.2) is 0 Å². The van der Waals surface area contributed by atoms with Gasteiger partial charge in [0.15, 0.2) is 18.9 Å². The number of aromatic nitrogens is 1. The topological polar surface area (TPSA) is 3.88 Å². The third-order valence-corrected chi connectivity index (χ3v) is 2.10. The summed E-state index contributed by atoms with van der Waals surface area (Å²) in [4.78, 5) is 0. The molecule has 0 saturated carbocycles. The van der Waals surface area contributed by atoms with Crippen LogP contribution in [-0.2, 0) is 6.54 Å². The van der Waals surface area contributed by atoms with Gasteiger partial charge in [0.2, 0.25) is 0 Å². The van der Waals surface area contributed by atoms with Crippen molar-refractivity contribution in [1.82, 2.24) is 0 Å². The van der Waals surface area contributed by atoms with Crippen molar-refractivity contribution in [2.45, 2.75) is 48.1 Å². The van der Waals surface area contributed by atoms with E-state index in [1.165, 1.54) is 0 Å². The zero-order chi connectivity index (χ0) is 14.6. The van der Waals surface area contributed by atoms with E-state index >= 15 is 0 Å². The van der Waals surface area contributed by atoms with Gasteiger partial charge in [-0.25, -0.2) is 4.57 Å². The molecule has 0 atom stereocenters. The van der Waals surface area contributed by atoms with Crippen molar-refractivity contribution in [3.63, 3.8) is 0 Å². The third-order valence-electron chi connectivity index (χ3n) is 2.10. The van der Waals surface area contributed by atoms with Crippen molar-refractivity contribution in [3.05, 3.63) is 42.7 Å². The molecule has 0 spiro atoms. The van der Waals surface area contributed by atoms with Gasteiger partial charge >= 0.3 is 0 Å². The quantitative estimate of drug-likeness (QED) is 0.662. The monoisotopic (exact) mass is 248 g/mol. The first kappa shape index (κ1) is 19.0. The summed E-state index contributed by atoms with van der Waals surface area (Å²) in [7, 11) is 0. The molecule has 1 rings (SSSR count). The van der Waals surface area contributed by atoms with Gasteiger partial charge in [-0.15, -0.1) is 0 Å². The Morgan fingerprint density at radius 3 is 1.94 bits per heavy atom. The highest BCUT2D eigenvalue weighted by molar-refractivity contribution is 5.61. The van der Waals surface area contributed by atoms with Crippen molar-refractivity contribution in [2.24, 2.45) is 5.92 Å². The largest absolute Gasteiger partial charge is 0.204 e. The Balaban J connectivity index is 0. The van der Waals surface area contributed by atoms with Crippen molar-refractivity contribution in [2.75, 3.05) is 0 Å². The number of nitrogens with zero attached hydrogens (tertiary/aromatic N) is 1. The van der Waals surface area contributed by atoms with Crippen LogP contribution in [0.4, 0.5) is 0 Å². The van der Waals surface area contributed by atoms with Gasteiger partial charge in [0, 0.05) is 17.5 Å². The Bertz CT molecular complexity index is 337. The van der Waals surface area contributed by atoms with Crippen molar-refractivity contribution in [1.29, 1.82) is 0 Å². The molecule has 1 heteroatoms. The van der Waals surface area contributed by atoms with E-state index in [9.17, 15) is 0 Å². The summed E-state index contributed by atoms with van der Waals surface area (Å²) in [6, 6.07) is 2.08. The van der Waals surface area contributed by atoms with Gasteiger partial charge in [0.1, 0.15) is 0 Å². The van der Waals surface area contributed by atoms with Crippen molar-refractivity contribution < 1.29 is 4.57 Å². The summed E-state index contributed by atoms with van der Waals surface area (Å²) in [6.07, 6.45) is 7.93. The molecule has 18 heavy (non-hydrogen) atoms. The van der Waals surface area contributed by atoms with Gasteiger partial charge in [-0.05, 0) is 5.56 Å². The van der Waals surface area contributed by atoms with Crippen LogP contribution < -0.4 is 4.57 Å². The van der Waals surface area contributed by atoms with Crippen LogP contribution in [0.2, 0.25) is 0 Å². The number of rotatable bonds is 4. The Labute approximate surface area is 114 Å². The predicted molar refractivity (Wildman–Crippen MR) is 84.4 cm³/mol. The maximum Gasteiger partial charge on any atom is 0.176 e. The van der Waals surface area contributed by atoms with Gasteiger partial charge in [0.25, 0.3) is 0 Å². The minimum absolute atomic E-state index is 0.659. The molecule has 0 aliphatic heterocycles. The first-order valence-electron chi connectivity index (χ1n) is 6.95. The van der Waals surface area contributed by atoms with Gasteiger partial charge in [-0.2, -0.15) is 0 Å². The Morgan fingerprint density at radius 2 is 1.56 bits per heavy atom. The summed E-state index contributed by atoms with van der Waals surface area (Å²) < 4.78 is 2.19. The lowest BCUT2D eigenvalue weighted by molar-refractivity contribution is -0.702. The van der Waals surface area contributed by atoms with Crippen LogP contribution in [0.3, 0.4) is 0 Å². The molecule has 1 aromatic rings. The SMILES string of the molecule is C=Cc1cc[n+](CC(C)C)cc1C=C.CC.CC. The highest BCUT2D eigenvalue weighted by atomic mass is 14.9. The summed E-state index contributed by atoms with van der Waals surface area (Å²) >= 11 is 0. The van der Waals surface area contributed by atoms with Gasteiger partial charge in [-0.1, -0.05) is 66.9 Å².